The monoisotopic (exact) mass is 319 g/mol. The van der Waals surface area contributed by atoms with Crippen molar-refractivity contribution in [2.24, 2.45) is 5.41 Å². The summed E-state index contributed by atoms with van der Waals surface area (Å²) in [4.78, 5) is 12.4. The highest BCUT2D eigenvalue weighted by Crippen LogP contribution is 2.29. The summed E-state index contributed by atoms with van der Waals surface area (Å²) in [6.07, 6.45) is 2.41. The van der Waals surface area contributed by atoms with Crippen molar-refractivity contribution >= 4 is 5.97 Å². The van der Waals surface area contributed by atoms with Crippen LogP contribution in [0.4, 0.5) is 0 Å². The number of hydrogen-bond donors (Lipinski definition) is 0. The molecule has 1 aromatic rings. The SMILES string of the molecule is CCCC[C@H]1OC[C@@](C#N)(C(=O)Oc2ccc(OC)cc2)CO1. The fourth-order valence-corrected chi connectivity index (χ4v) is 2.17. The lowest BCUT2D eigenvalue weighted by atomic mass is 9.91. The van der Waals surface area contributed by atoms with E-state index in [1.807, 2.05) is 6.07 Å². The molecule has 2 rings (SSSR count). The molecule has 1 aromatic carbocycles. The molecular weight excluding hydrogens is 298 g/mol. The number of methoxy groups -OCH3 is 1. The van der Waals surface area contributed by atoms with Gasteiger partial charge in [0, 0.05) is 0 Å². The molecule has 0 aliphatic carbocycles. The molecule has 1 saturated heterocycles. The summed E-state index contributed by atoms with van der Waals surface area (Å²) in [5.74, 6) is 0.334. The van der Waals surface area contributed by atoms with Gasteiger partial charge in [0.2, 0.25) is 5.41 Å². The molecule has 0 spiro atoms. The van der Waals surface area contributed by atoms with Gasteiger partial charge in [-0.05, 0) is 37.1 Å². The van der Waals surface area contributed by atoms with Gasteiger partial charge in [-0.2, -0.15) is 5.26 Å². The molecule has 6 nitrogen and oxygen atoms in total. The van der Waals surface area contributed by atoms with Crippen molar-refractivity contribution in [3.05, 3.63) is 24.3 Å². The van der Waals surface area contributed by atoms with E-state index in [1.165, 1.54) is 0 Å². The van der Waals surface area contributed by atoms with Gasteiger partial charge in [0.25, 0.3) is 0 Å². The molecule has 0 atom stereocenters. The molecule has 124 valence electrons. The van der Waals surface area contributed by atoms with Crippen molar-refractivity contribution < 1.29 is 23.7 Å². The molecule has 0 radical (unpaired) electrons. The van der Waals surface area contributed by atoms with Crippen LogP contribution < -0.4 is 9.47 Å². The fraction of sp³-hybridized carbons (Fsp3) is 0.529. The number of nitriles is 1. The van der Waals surface area contributed by atoms with Crippen LogP contribution in [0, 0.1) is 16.7 Å². The smallest absolute Gasteiger partial charge is 0.336 e. The Labute approximate surface area is 135 Å². The molecule has 1 heterocycles. The van der Waals surface area contributed by atoms with Crippen molar-refractivity contribution in [3.8, 4) is 17.6 Å². The summed E-state index contributed by atoms with van der Waals surface area (Å²) in [6.45, 7) is 2.04. The van der Waals surface area contributed by atoms with Crippen molar-refractivity contribution in [3.63, 3.8) is 0 Å². The molecule has 1 aliphatic heterocycles. The number of unbranched alkanes of at least 4 members (excludes halogenated alkanes) is 1. The highest BCUT2D eigenvalue weighted by atomic mass is 16.7. The Balaban J connectivity index is 1.97. The van der Waals surface area contributed by atoms with Crippen LogP contribution in [0.25, 0.3) is 0 Å². The van der Waals surface area contributed by atoms with Gasteiger partial charge in [0.05, 0.1) is 26.4 Å². The Kier molecular flexibility index (Phi) is 5.97. The maximum Gasteiger partial charge on any atom is 0.336 e. The summed E-state index contributed by atoms with van der Waals surface area (Å²) in [7, 11) is 1.55. The average Bonchev–Trinajstić information content (AvgIpc) is 2.61. The van der Waals surface area contributed by atoms with Crippen LogP contribution in [-0.2, 0) is 14.3 Å². The molecule has 0 bridgehead atoms. The molecule has 6 heteroatoms. The third-order valence-electron chi connectivity index (χ3n) is 3.70. The second-order valence-corrected chi connectivity index (χ2v) is 5.45. The number of hydrogen-bond acceptors (Lipinski definition) is 6. The number of carbonyl (C=O) groups excluding carboxylic acids is 1. The number of benzene rings is 1. The summed E-state index contributed by atoms with van der Waals surface area (Å²) in [5.41, 5.74) is -1.43. The predicted octanol–water partition coefficient (Wildman–Crippen LogP) is 2.67. The molecule has 1 fully saturated rings. The number of carbonyl (C=O) groups is 1. The van der Waals surface area contributed by atoms with Gasteiger partial charge < -0.3 is 18.9 Å². The molecular formula is C17H21NO5. The van der Waals surface area contributed by atoms with Crippen molar-refractivity contribution in [1.82, 2.24) is 0 Å². The van der Waals surface area contributed by atoms with Crippen LogP contribution in [-0.4, -0.2) is 32.6 Å². The minimum Gasteiger partial charge on any atom is -0.497 e. The quantitative estimate of drug-likeness (QED) is 0.592. The van der Waals surface area contributed by atoms with Gasteiger partial charge in [0.1, 0.15) is 11.5 Å². The standard InChI is InChI=1S/C17H21NO5/c1-3-4-5-15-21-11-17(10-18,12-22-15)16(19)23-14-8-6-13(20-2)7-9-14/h6-9,15H,3-5,11-12H2,1-2H3/t15-,17+. The third-order valence-corrected chi connectivity index (χ3v) is 3.70. The van der Waals surface area contributed by atoms with Gasteiger partial charge in [-0.3, -0.25) is 0 Å². The van der Waals surface area contributed by atoms with Gasteiger partial charge in [-0.15, -0.1) is 0 Å². The number of esters is 1. The lowest BCUT2D eigenvalue weighted by Crippen LogP contribution is -2.48. The fourth-order valence-electron chi connectivity index (χ4n) is 2.17. The molecule has 0 N–H and O–H groups in total. The number of nitrogens with zero attached hydrogens (tertiary/aromatic N) is 1. The first kappa shape index (κ1) is 17.3. The van der Waals surface area contributed by atoms with Gasteiger partial charge in [-0.1, -0.05) is 13.3 Å². The normalized spacial score (nSPS) is 23.8. The number of ether oxygens (including phenoxy) is 4. The maximum atomic E-state index is 12.4. The van der Waals surface area contributed by atoms with Crippen LogP contribution in [0.1, 0.15) is 26.2 Å². The lowest BCUT2D eigenvalue weighted by molar-refractivity contribution is -0.223. The van der Waals surface area contributed by atoms with E-state index in [-0.39, 0.29) is 19.5 Å². The molecule has 23 heavy (non-hydrogen) atoms. The van der Waals surface area contributed by atoms with E-state index in [4.69, 9.17) is 18.9 Å². The summed E-state index contributed by atoms with van der Waals surface area (Å²) in [5, 5.41) is 9.40. The van der Waals surface area contributed by atoms with E-state index in [2.05, 4.69) is 6.92 Å². The van der Waals surface area contributed by atoms with Crippen molar-refractivity contribution in [2.45, 2.75) is 32.5 Å². The zero-order chi connectivity index (χ0) is 16.7. The maximum absolute atomic E-state index is 12.4. The van der Waals surface area contributed by atoms with Gasteiger partial charge >= 0.3 is 5.97 Å². The van der Waals surface area contributed by atoms with Crippen LogP contribution in [0.3, 0.4) is 0 Å². The summed E-state index contributed by atoms with van der Waals surface area (Å²) < 4.78 is 21.4. The molecule has 0 saturated carbocycles. The second kappa shape index (κ2) is 7.95. The largest absolute Gasteiger partial charge is 0.497 e. The average molecular weight is 319 g/mol. The van der Waals surface area contributed by atoms with Gasteiger partial charge in [-0.25, -0.2) is 4.79 Å². The van der Waals surface area contributed by atoms with Crippen LogP contribution in [0.15, 0.2) is 24.3 Å². The van der Waals surface area contributed by atoms with Crippen LogP contribution >= 0.6 is 0 Å². The highest BCUT2D eigenvalue weighted by Gasteiger charge is 2.46. The first-order chi connectivity index (χ1) is 11.1. The Morgan fingerprint density at radius 2 is 1.91 bits per heavy atom. The number of rotatable bonds is 6. The van der Waals surface area contributed by atoms with E-state index in [9.17, 15) is 10.1 Å². The molecule has 0 amide bonds. The minimum atomic E-state index is -1.43. The first-order valence-corrected chi connectivity index (χ1v) is 7.64. The highest BCUT2D eigenvalue weighted by molar-refractivity contribution is 5.82. The topological polar surface area (TPSA) is 77.8 Å². The van der Waals surface area contributed by atoms with Crippen LogP contribution in [0.2, 0.25) is 0 Å². The lowest BCUT2D eigenvalue weighted by Gasteiger charge is -2.33. The molecule has 0 aromatic heterocycles. The van der Waals surface area contributed by atoms with E-state index in [0.717, 1.165) is 19.3 Å². The summed E-state index contributed by atoms with van der Waals surface area (Å²) >= 11 is 0. The zero-order valence-electron chi connectivity index (χ0n) is 13.4. The predicted molar refractivity (Wildman–Crippen MR) is 81.9 cm³/mol. The zero-order valence-corrected chi connectivity index (χ0v) is 13.4. The second-order valence-electron chi connectivity index (χ2n) is 5.45. The Morgan fingerprint density at radius 3 is 2.43 bits per heavy atom. The van der Waals surface area contributed by atoms with Gasteiger partial charge in [0.15, 0.2) is 6.29 Å². The van der Waals surface area contributed by atoms with Crippen LogP contribution in [0.5, 0.6) is 11.5 Å². The van der Waals surface area contributed by atoms with E-state index in [0.29, 0.717) is 11.5 Å². The summed E-state index contributed by atoms with van der Waals surface area (Å²) in [6, 6.07) is 8.56. The Bertz CT molecular complexity index is 555. The van der Waals surface area contributed by atoms with E-state index < -0.39 is 11.4 Å². The van der Waals surface area contributed by atoms with Crippen molar-refractivity contribution in [2.75, 3.05) is 20.3 Å². The Hall–Kier alpha value is -2.10. The molecule has 1 aliphatic rings. The first-order valence-electron chi connectivity index (χ1n) is 7.64. The molecule has 0 unspecified atom stereocenters. The minimum absolute atomic E-state index is 0.0210. The van der Waals surface area contributed by atoms with E-state index in [1.54, 1.807) is 31.4 Å². The van der Waals surface area contributed by atoms with E-state index >= 15 is 0 Å². The van der Waals surface area contributed by atoms with Crippen molar-refractivity contribution in [1.29, 1.82) is 5.26 Å². The Morgan fingerprint density at radius 1 is 1.30 bits per heavy atom. The third kappa shape index (κ3) is 4.21.